The monoisotopic (exact) mass is 407 g/mol. The third kappa shape index (κ3) is 3.64. The van der Waals surface area contributed by atoms with E-state index in [9.17, 15) is 0 Å². The number of hydrogen-bond acceptors (Lipinski definition) is 6. The van der Waals surface area contributed by atoms with Crippen molar-refractivity contribution in [3.8, 4) is 27.0 Å². The summed E-state index contributed by atoms with van der Waals surface area (Å²) in [4.78, 5) is 5.62. The number of aryl methyl sites for hydroxylation is 1. The van der Waals surface area contributed by atoms with Crippen molar-refractivity contribution < 1.29 is 4.74 Å². The van der Waals surface area contributed by atoms with E-state index < -0.39 is 0 Å². The first-order valence-corrected chi connectivity index (χ1v) is 9.77. The van der Waals surface area contributed by atoms with Crippen LogP contribution in [0.4, 0.5) is 0 Å². The molecular weight excluding hydrogens is 390 g/mol. The van der Waals surface area contributed by atoms with Crippen molar-refractivity contribution in [3.05, 3.63) is 70.6 Å². The number of aromatic nitrogens is 4. The maximum atomic E-state index is 5.37. The highest BCUT2D eigenvalue weighted by atomic mass is 32.1. The fraction of sp³-hybridized carbons (Fsp3) is 0.100. The summed E-state index contributed by atoms with van der Waals surface area (Å²) in [6, 6.07) is 17.7. The van der Waals surface area contributed by atoms with Gasteiger partial charge >= 0.3 is 0 Å². The summed E-state index contributed by atoms with van der Waals surface area (Å²) in [5.74, 6) is 1.41. The second-order valence-electron chi connectivity index (χ2n) is 5.98. The lowest BCUT2D eigenvalue weighted by Gasteiger charge is -2.01. The zero-order chi connectivity index (χ0) is 19.5. The fourth-order valence-corrected chi connectivity index (χ4v) is 3.93. The molecule has 4 aromatic rings. The second-order valence-corrected chi connectivity index (χ2v) is 7.37. The SMILES string of the molecule is COc1cccc(/C=N\n2c(-c3sc(-c4ccccc4)nc3C)n[nH]c2=S)c1. The summed E-state index contributed by atoms with van der Waals surface area (Å²) in [6.07, 6.45) is 1.73. The Hall–Kier alpha value is -3.10. The van der Waals surface area contributed by atoms with Crippen LogP contribution in [0.2, 0.25) is 0 Å². The molecule has 0 amide bonds. The van der Waals surface area contributed by atoms with Crippen LogP contribution in [0.5, 0.6) is 5.75 Å². The molecule has 0 bridgehead atoms. The van der Waals surface area contributed by atoms with Gasteiger partial charge in [0, 0.05) is 5.56 Å². The van der Waals surface area contributed by atoms with Gasteiger partial charge in [-0.25, -0.2) is 10.1 Å². The summed E-state index contributed by atoms with van der Waals surface area (Å²) in [5.41, 5.74) is 2.86. The highest BCUT2D eigenvalue weighted by molar-refractivity contribution is 7.71. The van der Waals surface area contributed by atoms with Crippen LogP contribution in [0.25, 0.3) is 21.3 Å². The number of H-pyrrole nitrogens is 1. The molecule has 2 heterocycles. The van der Waals surface area contributed by atoms with Gasteiger partial charge in [0.2, 0.25) is 4.77 Å². The van der Waals surface area contributed by atoms with Gasteiger partial charge in [-0.2, -0.15) is 14.9 Å². The molecule has 1 N–H and O–H groups in total. The van der Waals surface area contributed by atoms with Crippen molar-refractivity contribution in [3.63, 3.8) is 0 Å². The summed E-state index contributed by atoms with van der Waals surface area (Å²) in [7, 11) is 1.64. The Labute approximate surface area is 171 Å². The number of hydrogen-bond donors (Lipinski definition) is 1. The minimum Gasteiger partial charge on any atom is -0.497 e. The van der Waals surface area contributed by atoms with Crippen LogP contribution in [0.3, 0.4) is 0 Å². The topological polar surface area (TPSA) is 68.1 Å². The average Bonchev–Trinajstić information content (AvgIpc) is 3.29. The number of benzene rings is 2. The zero-order valence-electron chi connectivity index (χ0n) is 15.3. The van der Waals surface area contributed by atoms with E-state index in [2.05, 4.69) is 15.3 Å². The molecule has 0 fully saturated rings. The molecule has 0 radical (unpaired) electrons. The molecule has 0 spiro atoms. The Bertz CT molecular complexity index is 1190. The maximum absolute atomic E-state index is 5.37. The van der Waals surface area contributed by atoms with Crippen LogP contribution in [-0.4, -0.2) is 33.2 Å². The van der Waals surface area contributed by atoms with Crippen molar-refractivity contribution in [2.45, 2.75) is 6.92 Å². The third-order valence-electron chi connectivity index (χ3n) is 4.09. The van der Waals surface area contributed by atoms with Gasteiger partial charge in [-0.15, -0.1) is 11.3 Å². The fourth-order valence-electron chi connectivity index (χ4n) is 2.70. The van der Waals surface area contributed by atoms with Crippen LogP contribution in [-0.2, 0) is 0 Å². The number of ether oxygens (including phenoxy) is 1. The Morgan fingerprint density at radius 3 is 2.79 bits per heavy atom. The molecule has 0 saturated carbocycles. The van der Waals surface area contributed by atoms with E-state index in [-0.39, 0.29) is 0 Å². The highest BCUT2D eigenvalue weighted by Gasteiger charge is 2.17. The Kier molecular flexibility index (Phi) is 5.14. The molecule has 0 aliphatic carbocycles. The van der Waals surface area contributed by atoms with Gasteiger partial charge in [-0.1, -0.05) is 42.5 Å². The van der Waals surface area contributed by atoms with Crippen molar-refractivity contribution in [2.24, 2.45) is 5.10 Å². The van der Waals surface area contributed by atoms with Crippen LogP contribution >= 0.6 is 23.6 Å². The van der Waals surface area contributed by atoms with Gasteiger partial charge in [0.05, 0.1) is 23.9 Å². The standard InChI is InChI=1S/C20H17N5OS2/c1-13-17(28-19(22-13)15-8-4-3-5-9-15)18-23-24-20(27)25(18)21-12-14-7-6-10-16(11-14)26-2/h3-12H,1-2H3,(H,24,27)/b21-12-. The molecule has 4 rings (SSSR count). The minimum absolute atomic E-state index is 0.420. The molecule has 2 aromatic carbocycles. The number of nitrogens with one attached hydrogen (secondary N) is 1. The van der Waals surface area contributed by atoms with E-state index in [1.807, 2.05) is 61.5 Å². The van der Waals surface area contributed by atoms with E-state index >= 15 is 0 Å². The Morgan fingerprint density at radius 1 is 1.18 bits per heavy atom. The first-order chi connectivity index (χ1) is 13.7. The van der Waals surface area contributed by atoms with Crippen molar-refractivity contribution in [1.29, 1.82) is 0 Å². The van der Waals surface area contributed by atoms with Gasteiger partial charge in [-0.3, -0.25) is 0 Å². The molecule has 0 aliphatic heterocycles. The molecule has 140 valence electrons. The number of thiazole rings is 1. The van der Waals surface area contributed by atoms with E-state index in [4.69, 9.17) is 21.9 Å². The normalized spacial score (nSPS) is 11.2. The lowest BCUT2D eigenvalue weighted by Crippen LogP contribution is -1.95. The average molecular weight is 408 g/mol. The lowest BCUT2D eigenvalue weighted by atomic mass is 10.2. The van der Waals surface area contributed by atoms with E-state index in [1.165, 1.54) is 0 Å². The number of aromatic amines is 1. The third-order valence-corrected chi connectivity index (χ3v) is 5.55. The smallest absolute Gasteiger partial charge is 0.216 e. The highest BCUT2D eigenvalue weighted by Crippen LogP contribution is 2.34. The predicted molar refractivity (Wildman–Crippen MR) is 115 cm³/mol. The summed E-state index contributed by atoms with van der Waals surface area (Å²) < 4.78 is 7.29. The van der Waals surface area contributed by atoms with Crippen LogP contribution in [0.1, 0.15) is 11.3 Å². The molecule has 0 saturated heterocycles. The Balaban J connectivity index is 1.72. The van der Waals surface area contributed by atoms with E-state index in [1.54, 1.807) is 29.3 Å². The summed E-state index contributed by atoms with van der Waals surface area (Å²) >= 11 is 6.94. The first-order valence-electron chi connectivity index (χ1n) is 8.55. The molecule has 28 heavy (non-hydrogen) atoms. The number of nitrogens with zero attached hydrogens (tertiary/aromatic N) is 4. The Morgan fingerprint density at radius 2 is 2.00 bits per heavy atom. The molecule has 0 aliphatic rings. The number of methoxy groups -OCH3 is 1. The quantitative estimate of drug-likeness (QED) is 0.376. The molecule has 6 nitrogen and oxygen atoms in total. The maximum Gasteiger partial charge on any atom is 0.216 e. The van der Waals surface area contributed by atoms with Gasteiger partial charge in [0.25, 0.3) is 0 Å². The van der Waals surface area contributed by atoms with Crippen molar-refractivity contribution in [1.82, 2.24) is 19.9 Å². The second kappa shape index (κ2) is 7.87. The number of rotatable bonds is 5. The first kappa shape index (κ1) is 18.3. The van der Waals surface area contributed by atoms with Gasteiger partial charge in [0.15, 0.2) is 5.82 Å². The van der Waals surface area contributed by atoms with E-state index in [0.29, 0.717) is 10.6 Å². The predicted octanol–water partition coefficient (Wildman–Crippen LogP) is 4.93. The molecule has 2 aromatic heterocycles. The van der Waals surface area contributed by atoms with Crippen LogP contribution in [0.15, 0.2) is 59.7 Å². The zero-order valence-corrected chi connectivity index (χ0v) is 16.9. The van der Waals surface area contributed by atoms with Crippen LogP contribution < -0.4 is 4.74 Å². The minimum atomic E-state index is 0.420. The molecule has 0 unspecified atom stereocenters. The van der Waals surface area contributed by atoms with Gasteiger partial charge in [-0.05, 0) is 36.8 Å². The van der Waals surface area contributed by atoms with Crippen molar-refractivity contribution >= 4 is 29.8 Å². The van der Waals surface area contributed by atoms with E-state index in [0.717, 1.165) is 32.5 Å². The van der Waals surface area contributed by atoms with Gasteiger partial charge < -0.3 is 4.74 Å². The largest absolute Gasteiger partial charge is 0.497 e. The van der Waals surface area contributed by atoms with Crippen molar-refractivity contribution in [2.75, 3.05) is 7.11 Å². The van der Waals surface area contributed by atoms with Gasteiger partial charge in [0.1, 0.15) is 10.8 Å². The summed E-state index contributed by atoms with van der Waals surface area (Å²) in [6.45, 7) is 1.96. The molecular formula is C20H17N5OS2. The summed E-state index contributed by atoms with van der Waals surface area (Å²) in [5, 5.41) is 12.7. The lowest BCUT2D eigenvalue weighted by molar-refractivity contribution is 0.415. The molecule has 8 heteroatoms. The molecule has 0 atom stereocenters. The van der Waals surface area contributed by atoms with Crippen LogP contribution in [0, 0.1) is 11.7 Å².